The van der Waals surface area contributed by atoms with E-state index in [9.17, 15) is 4.79 Å². The van der Waals surface area contributed by atoms with Crippen LogP contribution in [0.1, 0.15) is 35.3 Å². The normalized spacial score (nSPS) is 13.9. The number of aromatic nitrogens is 3. The van der Waals surface area contributed by atoms with Gasteiger partial charge in [-0.05, 0) is 37.0 Å². The SMILES string of the molecule is O=C(c1cc(NCc2ccncc2)nc(-c2ccccc2)n1)N1CCCCC1. The van der Waals surface area contributed by atoms with Gasteiger partial charge in [-0.3, -0.25) is 9.78 Å². The predicted molar refractivity (Wildman–Crippen MR) is 109 cm³/mol. The average molecular weight is 373 g/mol. The van der Waals surface area contributed by atoms with Gasteiger partial charge in [0.15, 0.2) is 5.82 Å². The van der Waals surface area contributed by atoms with Gasteiger partial charge in [-0.2, -0.15) is 0 Å². The molecule has 0 atom stereocenters. The second kappa shape index (κ2) is 8.61. The van der Waals surface area contributed by atoms with Crippen LogP contribution in [0.4, 0.5) is 5.82 Å². The maximum atomic E-state index is 13.0. The van der Waals surface area contributed by atoms with Crippen molar-refractivity contribution >= 4 is 11.7 Å². The Hall–Kier alpha value is -3.28. The highest BCUT2D eigenvalue weighted by Crippen LogP contribution is 2.20. The molecule has 3 aromatic rings. The Balaban J connectivity index is 1.63. The molecule has 6 nitrogen and oxygen atoms in total. The smallest absolute Gasteiger partial charge is 0.272 e. The van der Waals surface area contributed by atoms with Gasteiger partial charge >= 0.3 is 0 Å². The van der Waals surface area contributed by atoms with Gasteiger partial charge in [-0.25, -0.2) is 9.97 Å². The first-order valence-electron chi connectivity index (χ1n) is 9.66. The molecule has 1 aromatic carbocycles. The molecule has 4 rings (SSSR count). The van der Waals surface area contributed by atoms with E-state index in [4.69, 9.17) is 0 Å². The number of benzene rings is 1. The Bertz CT molecular complexity index is 924. The van der Waals surface area contributed by atoms with E-state index >= 15 is 0 Å². The molecule has 0 spiro atoms. The maximum Gasteiger partial charge on any atom is 0.272 e. The second-order valence-electron chi connectivity index (χ2n) is 6.89. The summed E-state index contributed by atoms with van der Waals surface area (Å²) >= 11 is 0. The van der Waals surface area contributed by atoms with Crippen molar-refractivity contribution in [2.75, 3.05) is 18.4 Å². The van der Waals surface area contributed by atoms with Crippen molar-refractivity contribution in [3.05, 3.63) is 72.2 Å². The number of nitrogens with one attached hydrogen (secondary N) is 1. The molecule has 0 radical (unpaired) electrons. The van der Waals surface area contributed by atoms with Crippen LogP contribution in [0.5, 0.6) is 0 Å². The quantitative estimate of drug-likeness (QED) is 0.737. The lowest BCUT2D eigenvalue weighted by Gasteiger charge is -2.26. The van der Waals surface area contributed by atoms with Crippen LogP contribution in [0.15, 0.2) is 60.9 Å². The van der Waals surface area contributed by atoms with E-state index in [0.717, 1.165) is 37.1 Å². The Kier molecular flexibility index (Phi) is 5.56. The molecule has 3 heterocycles. The van der Waals surface area contributed by atoms with Crippen molar-refractivity contribution in [2.24, 2.45) is 0 Å². The number of amides is 1. The minimum absolute atomic E-state index is 0.0220. The summed E-state index contributed by atoms with van der Waals surface area (Å²) in [5, 5.41) is 3.32. The highest BCUT2D eigenvalue weighted by molar-refractivity contribution is 5.93. The Morgan fingerprint density at radius 1 is 0.964 bits per heavy atom. The lowest BCUT2D eigenvalue weighted by atomic mass is 10.1. The second-order valence-corrected chi connectivity index (χ2v) is 6.89. The molecule has 1 fully saturated rings. The number of nitrogens with zero attached hydrogens (tertiary/aromatic N) is 4. The van der Waals surface area contributed by atoms with Crippen LogP contribution in [0.3, 0.4) is 0 Å². The van der Waals surface area contributed by atoms with Crippen LogP contribution >= 0.6 is 0 Å². The molecule has 0 bridgehead atoms. The zero-order valence-corrected chi connectivity index (χ0v) is 15.7. The van der Waals surface area contributed by atoms with E-state index in [1.165, 1.54) is 6.42 Å². The molecule has 1 aliphatic heterocycles. The van der Waals surface area contributed by atoms with E-state index in [1.54, 1.807) is 18.5 Å². The van der Waals surface area contributed by atoms with Crippen molar-refractivity contribution in [1.29, 1.82) is 0 Å². The van der Waals surface area contributed by atoms with Gasteiger partial charge in [0, 0.05) is 43.7 Å². The number of carbonyl (C=O) groups excluding carboxylic acids is 1. The average Bonchev–Trinajstić information content (AvgIpc) is 2.79. The number of likely N-dealkylation sites (tertiary alicyclic amines) is 1. The van der Waals surface area contributed by atoms with Crippen molar-refractivity contribution in [1.82, 2.24) is 19.9 Å². The first-order chi connectivity index (χ1) is 13.8. The molecule has 142 valence electrons. The van der Waals surface area contributed by atoms with E-state index in [2.05, 4.69) is 20.3 Å². The van der Waals surface area contributed by atoms with Crippen molar-refractivity contribution in [3.63, 3.8) is 0 Å². The standard InChI is InChI=1S/C22H23N5O/c28-22(27-13-5-2-6-14-27)19-15-20(24-16-17-9-11-23-12-10-17)26-21(25-19)18-7-3-1-4-8-18/h1,3-4,7-12,15H,2,5-6,13-14,16H2,(H,24,25,26). The number of hydrogen-bond donors (Lipinski definition) is 1. The van der Waals surface area contributed by atoms with Gasteiger partial charge in [0.2, 0.25) is 0 Å². The van der Waals surface area contributed by atoms with E-state index in [0.29, 0.717) is 23.9 Å². The Labute approximate surface area is 164 Å². The summed E-state index contributed by atoms with van der Waals surface area (Å²) in [7, 11) is 0. The van der Waals surface area contributed by atoms with Crippen LogP contribution in [0.2, 0.25) is 0 Å². The fraction of sp³-hybridized carbons (Fsp3) is 0.273. The van der Waals surface area contributed by atoms with Crippen LogP contribution in [0, 0.1) is 0 Å². The molecular formula is C22H23N5O. The monoisotopic (exact) mass is 373 g/mol. The summed E-state index contributed by atoms with van der Waals surface area (Å²) in [5.74, 6) is 1.18. The van der Waals surface area contributed by atoms with Crippen LogP contribution in [0.25, 0.3) is 11.4 Å². The fourth-order valence-electron chi connectivity index (χ4n) is 3.32. The summed E-state index contributed by atoms with van der Waals surface area (Å²) in [6, 6.07) is 15.4. The molecule has 1 N–H and O–H groups in total. The minimum Gasteiger partial charge on any atom is -0.366 e. The molecule has 2 aromatic heterocycles. The molecule has 0 unspecified atom stereocenters. The first kappa shape index (κ1) is 18.1. The number of rotatable bonds is 5. The number of hydrogen-bond acceptors (Lipinski definition) is 5. The van der Waals surface area contributed by atoms with Crippen LogP contribution in [-0.2, 0) is 6.54 Å². The third kappa shape index (κ3) is 4.34. The van der Waals surface area contributed by atoms with Crippen molar-refractivity contribution in [2.45, 2.75) is 25.8 Å². The van der Waals surface area contributed by atoms with Gasteiger partial charge < -0.3 is 10.2 Å². The molecule has 1 aliphatic rings. The summed E-state index contributed by atoms with van der Waals surface area (Å²) in [6.07, 6.45) is 6.81. The lowest BCUT2D eigenvalue weighted by Crippen LogP contribution is -2.36. The van der Waals surface area contributed by atoms with Crippen LogP contribution < -0.4 is 5.32 Å². The van der Waals surface area contributed by atoms with Gasteiger partial charge in [0.25, 0.3) is 5.91 Å². The molecule has 0 aliphatic carbocycles. The number of carbonyl (C=O) groups is 1. The molecule has 1 saturated heterocycles. The molecule has 6 heteroatoms. The highest BCUT2D eigenvalue weighted by Gasteiger charge is 2.21. The molecule has 0 saturated carbocycles. The van der Waals surface area contributed by atoms with Crippen LogP contribution in [-0.4, -0.2) is 38.8 Å². The van der Waals surface area contributed by atoms with E-state index in [-0.39, 0.29) is 5.91 Å². The van der Waals surface area contributed by atoms with Gasteiger partial charge in [-0.15, -0.1) is 0 Å². The lowest BCUT2D eigenvalue weighted by molar-refractivity contribution is 0.0718. The van der Waals surface area contributed by atoms with Gasteiger partial charge in [0.1, 0.15) is 11.5 Å². The Morgan fingerprint density at radius 2 is 1.71 bits per heavy atom. The van der Waals surface area contributed by atoms with Crippen molar-refractivity contribution < 1.29 is 4.79 Å². The summed E-state index contributed by atoms with van der Waals surface area (Å²) in [5.41, 5.74) is 2.43. The third-order valence-electron chi connectivity index (χ3n) is 4.84. The zero-order valence-electron chi connectivity index (χ0n) is 15.7. The highest BCUT2D eigenvalue weighted by atomic mass is 16.2. The van der Waals surface area contributed by atoms with Crippen molar-refractivity contribution in [3.8, 4) is 11.4 Å². The zero-order chi connectivity index (χ0) is 19.2. The minimum atomic E-state index is -0.0220. The summed E-state index contributed by atoms with van der Waals surface area (Å²) < 4.78 is 0. The molecule has 1 amide bonds. The number of piperidine rings is 1. The largest absolute Gasteiger partial charge is 0.366 e. The van der Waals surface area contributed by atoms with E-state index in [1.807, 2.05) is 47.4 Å². The van der Waals surface area contributed by atoms with Gasteiger partial charge in [-0.1, -0.05) is 30.3 Å². The third-order valence-corrected chi connectivity index (χ3v) is 4.84. The number of anilines is 1. The number of pyridine rings is 1. The fourth-order valence-corrected chi connectivity index (χ4v) is 3.32. The van der Waals surface area contributed by atoms with Gasteiger partial charge in [0.05, 0.1) is 0 Å². The Morgan fingerprint density at radius 3 is 2.46 bits per heavy atom. The molecule has 28 heavy (non-hydrogen) atoms. The summed E-state index contributed by atoms with van der Waals surface area (Å²) in [4.78, 5) is 28.2. The predicted octanol–water partition coefficient (Wildman–Crippen LogP) is 3.78. The molecular weight excluding hydrogens is 350 g/mol. The first-order valence-corrected chi connectivity index (χ1v) is 9.66. The summed E-state index contributed by atoms with van der Waals surface area (Å²) in [6.45, 7) is 2.19. The van der Waals surface area contributed by atoms with E-state index < -0.39 is 0 Å². The topological polar surface area (TPSA) is 71.0 Å². The maximum absolute atomic E-state index is 13.0.